The van der Waals surface area contributed by atoms with Crippen LogP contribution < -0.4 is 10.6 Å². The Balaban J connectivity index is 2.37. The fourth-order valence-electron chi connectivity index (χ4n) is 2.06. The highest BCUT2D eigenvalue weighted by molar-refractivity contribution is 9.10. The zero-order valence-electron chi connectivity index (χ0n) is 14.5. The lowest BCUT2D eigenvalue weighted by Crippen LogP contribution is -2.44. The molecule has 1 aromatic carbocycles. The molecule has 0 fully saturated rings. The Labute approximate surface area is 155 Å². The smallest absolute Gasteiger partial charge is 0.328 e. The van der Waals surface area contributed by atoms with Crippen LogP contribution in [0, 0.1) is 5.92 Å². The van der Waals surface area contributed by atoms with Gasteiger partial charge >= 0.3 is 5.97 Å². The molecule has 1 atom stereocenters. The Morgan fingerprint density at radius 1 is 1.16 bits per heavy atom. The van der Waals surface area contributed by atoms with Gasteiger partial charge in [0.15, 0.2) is 0 Å². The predicted octanol–water partition coefficient (Wildman–Crippen LogP) is 2.11. The molecular formula is C17H23BrN2O5. The lowest BCUT2D eigenvalue weighted by Gasteiger charge is -2.18. The van der Waals surface area contributed by atoms with Crippen molar-refractivity contribution in [3.05, 3.63) is 28.7 Å². The van der Waals surface area contributed by atoms with Crippen molar-refractivity contribution in [2.75, 3.05) is 25.6 Å². The Morgan fingerprint density at radius 2 is 1.84 bits per heavy atom. The number of carbonyl (C=O) groups is 3. The number of hydrogen-bond donors (Lipinski definition) is 2. The molecule has 0 aliphatic rings. The first-order valence-corrected chi connectivity index (χ1v) is 8.61. The predicted molar refractivity (Wildman–Crippen MR) is 97.0 cm³/mol. The van der Waals surface area contributed by atoms with Gasteiger partial charge in [0.2, 0.25) is 11.8 Å². The number of anilines is 1. The van der Waals surface area contributed by atoms with Gasteiger partial charge in [-0.05, 0) is 30.5 Å². The normalized spacial score (nSPS) is 11.7. The van der Waals surface area contributed by atoms with Crippen LogP contribution in [-0.2, 0) is 23.9 Å². The van der Waals surface area contributed by atoms with E-state index in [2.05, 4.69) is 31.3 Å². The quantitative estimate of drug-likeness (QED) is 0.603. The van der Waals surface area contributed by atoms with Gasteiger partial charge in [-0.2, -0.15) is 0 Å². The van der Waals surface area contributed by atoms with E-state index in [0.29, 0.717) is 12.1 Å². The summed E-state index contributed by atoms with van der Waals surface area (Å²) in [5.41, 5.74) is 0.620. The fraction of sp³-hybridized carbons (Fsp3) is 0.471. The molecule has 0 aliphatic heterocycles. The van der Waals surface area contributed by atoms with Gasteiger partial charge < -0.3 is 20.1 Å². The molecule has 2 N–H and O–H groups in total. The van der Waals surface area contributed by atoms with E-state index in [4.69, 9.17) is 4.74 Å². The van der Waals surface area contributed by atoms with E-state index >= 15 is 0 Å². The molecule has 25 heavy (non-hydrogen) atoms. The van der Waals surface area contributed by atoms with Crippen LogP contribution >= 0.6 is 15.9 Å². The second-order valence-electron chi connectivity index (χ2n) is 5.82. The summed E-state index contributed by atoms with van der Waals surface area (Å²) in [5.74, 6) is -1.15. The Hall–Kier alpha value is -1.93. The minimum Gasteiger partial charge on any atom is -0.467 e. The maximum atomic E-state index is 11.9. The van der Waals surface area contributed by atoms with Crippen LogP contribution in [0.4, 0.5) is 5.69 Å². The maximum Gasteiger partial charge on any atom is 0.328 e. The van der Waals surface area contributed by atoms with Crippen LogP contribution in [0.3, 0.4) is 0 Å². The average molecular weight is 415 g/mol. The Kier molecular flexibility index (Phi) is 9.15. The van der Waals surface area contributed by atoms with Crippen LogP contribution in [0.25, 0.3) is 0 Å². The molecule has 0 radical (unpaired) electrons. The summed E-state index contributed by atoms with van der Waals surface area (Å²) in [5, 5.41) is 5.20. The van der Waals surface area contributed by atoms with Gasteiger partial charge in [-0.1, -0.05) is 35.8 Å². The van der Waals surface area contributed by atoms with Crippen molar-refractivity contribution in [1.29, 1.82) is 0 Å². The van der Waals surface area contributed by atoms with Crippen LogP contribution in [0.1, 0.15) is 20.3 Å². The second kappa shape index (κ2) is 10.8. The number of methoxy groups -OCH3 is 1. The molecule has 2 amide bonds. The van der Waals surface area contributed by atoms with Crippen LogP contribution in [0.2, 0.25) is 0 Å². The van der Waals surface area contributed by atoms with Gasteiger partial charge in [-0.3, -0.25) is 9.59 Å². The number of halogens is 1. The first kappa shape index (κ1) is 21.1. The highest BCUT2D eigenvalue weighted by atomic mass is 79.9. The molecule has 1 rings (SSSR count). The van der Waals surface area contributed by atoms with Gasteiger partial charge in [0, 0.05) is 10.2 Å². The van der Waals surface area contributed by atoms with E-state index in [1.165, 1.54) is 7.11 Å². The summed E-state index contributed by atoms with van der Waals surface area (Å²) in [6.07, 6.45) is 0.460. The molecule has 8 heteroatoms. The van der Waals surface area contributed by atoms with Gasteiger partial charge in [0.25, 0.3) is 0 Å². The number of rotatable bonds is 9. The van der Waals surface area contributed by atoms with Crippen molar-refractivity contribution < 1.29 is 23.9 Å². The number of ether oxygens (including phenoxy) is 2. The maximum absolute atomic E-state index is 11.9. The molecule has 0 aromatic heterocycles. The minimum atomic E-state index is -0.725. The minimum absolute atomic E-state index is 0.210. The van der Waals surface area contributed by atoms with E-state index < -0.39 is 17.9 Å². The lowest BCUT2D eigenvalue weighted by atomic mass is 10.0. The fourth-order valence-corrected chi connectivity index (χ4v) is 2.46. The summed E-state index contributed by atoms with van der Waals surface area (Å²) < 4.78 is 10.6. The zero-order valence-corrected chi connectivity index (χ0v) is 16.1. The highest BCUT2D eigenvalue weighted by Crippen LogP contribution is 2.15. The van der Waals surface area contributed by atoms with Gasteiger partial charge in [-0.15, -0.1) is 0 Å². The SMILES string of the molecule is COC(=O)C(CC(C)C)NC(=O)COCC(=O)Nc1cccc(Br)c1. The molecule has 7 nitrogen and oxygen atoms in total. The topological polar surface area (TPSA) is 93.7 Å². The summed E-state index contributed by atoms with van der Waals surface area (Å²) in [4.78, 5) is 35.3. The van der Waals surface area contributed by atoms with Crippen molar-refractivity contribution in [1.82, 2.24) is 5.32 Å². The van der Waals surface area contributed by atoms with Gasteiger partial charge in [0.1, 0.15) is 19.3 Å². The summed E-state index contributed by atoms with van der Waals surface area (Å²) in [6, 6.07) is 6.39. The van der Waals surface area contributed by atoms with Gasteiger partial charge in [0.05, 0.1) is 7.11 Å². The highest BCUT2D eigenvalue weighted by Gasteiger charge is 2.22. The third kappa shape index (κ3) is 8.64. The number of esters is 1. The lowest BCUT2D eigenvalue weighted by molar-refractivity contribution is -0.146. The summed E-state index contributed by atoms with van der Waals surface area (Å²) in [6.45, 7) is 3.28. The molecule has 0 bridgehead atoms. The molecule has 0 aliphatic carbocycles. The Morgan fingerprint density at radius 3 is 2.44 bits per heavy atom. The van der Waals surface area contributed by atoms with E-state index in [0.717, 1.165) is 4.47 Å². The first-order valence-electron chi connectivity index (χ1n) is 7.82. The molecular weight excluding hydrogens is 392 g/mol. The van der Waals surface area contributed by atoms with Crippen molar-refractivity contribution in [3.63, 3.8) is 0 Å². The third-order valence-electron chi connectivity index (χ3n) is 3.10. The number of nitrogens with one attached hydrogen (secondary N) is 2. The molecule has 0 saturated heterocycles. The molecule has 1 unspecified atom stereocenters. The largest absolute Gasteiger partial charge is 0.467 e. The molecule has 0 heterocycles. The van der Waals surface area contributed by atoms with Crippen LogP contribution in [0.5, 0.6) is 0 Å². The van der Waals surface area contributed by atoms with Crippen LogP contribution in [-0.4, -0.2) is 44.1 Å². The molecule has 138 valence electrons. The molecule has 0 spiro atoms. The first-order chi connectivity index (χ1) is 11.8. The standard InChI is InChI=1S/C17H23BrN2O5/c1-11(2)7-14(17(23)24-3)20-16(22)10-25-9-15(21)19-13-6-4-5-12(18)8-13/h4-6,8,11,14H,7,9-10H2,1-3H3,(H,19,21)(H,20,22). The monoisotopic (exact) mass is 414 g/mol. The number of benzene rings is 1. The van der Waals surface area contributed by atoms with Crippen molar-refractivity contribution in [2.45, 2.75) is 26.3 Å². The number of amides is 2. The van der Waals surface area contributed by atoms with E-state index in [1.54, 1.807) is 18.2 Å². The molecule has 0 saturated carbocycles. The zero-order chi connectivity index (χ0) is 18.8. The van der Waals surface area contributed by atoms with E-state index in [-0.39, 0.29) is 25.0 Å². The van der Waals surface area contributed by atoms with E-state index in [1.807, 2.05) is 19.9 Å². The summed E-state index contributed by atoms with van der Waals surface area (Å²) >= 11 is 3.31. The van der Waals surface area contributed by atoms with E-state index in [9.17, 15) is 14.4 Å². The van der Waals surface area contributed by atoms with Gasteiger partial charge in [-0.25, -0.2) is 4.79 Å². The molecule has 1 aromatic rings. The van der Waals surface area contributed by atoms with Crippen LogP contribution in [0.15, 0.2) is 28.7 Å². The number of carbonyl (C=O) groups excluding carboxylic acids is 3. The number of hydrogen-bond acceptors (Lipinski definition) is 5. The van der Waals surface area contributed by atoms with Crippen molar-refractivity contribution in [3.8, 4) is 0 Å². The second-order valence-corrected chi connectivity index (χ2v) is 6.74. The van der Waals surface area contributed by atoms with Crippen molar-refractivity contribution in [2.24, 2.45) is 5.92 Å². The average Bonchev–Trinajstić information content (AvgIpc) is 2.53. The third-order valence-corrected chi connectivity index (χ3v) is 3.60. The van der Waals surface area contributed by atoms with Crippen molar-refractivity contribution >= 4 is 39.4 Å². The summed E-state index contributed by atoms with van der Waals surface area (Å²) in [7, 11) is 1.27. The Bertz CT molecular complexity index is 606.